The van der Waals surface area contributed by atoms with Crippen LogP contribution in [0.2, 0.25) is 0 Å². The van der Waals surface area contributed by atoms with Crippen LogP contribution in [-0.2, 0) is 0 Å². The second-order valence-electron chi connectivity index (χ2n) is 8.06. The molecular weight excluding hydrogens is 364 g/mol. The Labute approximate surface area is 172 Å². The molecule has 2 amide bonds. The van der Waals surface area contributed by atoms with Crippen LogP contribution < -0.4 is 5.32 Å². The molecule has 0 saturated carbocycles. The molecule has 0 aromatic carbocycles. The third-order valence-electron chi connectivity index (χ3n) is 5.96. The summed E-state index contributed by atoms with van der Waals surface area (Å²) in [6.07, 6.45) is 14.2. The minimum absolute atomic E-state index is 0.0676. The normalized spacial score (nSPS) is 17.7. The molecule has 1 N–H and O–H groups in total. The minimum atomic E-state index is -0.225. The zero-order chi connectivity index (χ0) is 20.1. The summed E-state index contributed by atoms with van der Waals surface area (Å²) in [5, 5.41) is 2.99. The van der Waals surface area contributed by atoms with Crippen molar-refractivity contribution in [2.75, 3.05) is 19.6 Å². The molecule has 0 radical (unpaired) electrons. The summed E-state index contributed by atoms with van der Waals surface area (Å²) < 4.78 is 1.74. The summed E-state index contributed by atoms with van der Waals surface area (Å²) in [6.45, 7) is 2.13. The molecule has 1 aliphatic carbocycles. The van der Waals surface area contributed by atoms with E-state index in [1.54, 1.807) is 10.6 Å². The van der Waals surface area contributed by atoms with Crippen molar-refractivity contribution in [1.82, 2.24) is 19.6 Å². The van der Waals surface area contributed by atoms with E-state index in [0.29, 0.717) is 17.8 Å². The Hall–Kier alpha value is -2.63. The lowest BCUT2D eigenvalue weighted by Gasteiger charge is -2.19. The fourth-order valence-electron chi connectivity index (χ4n) is 4.33. The van der Waals surface area contributed by atoms with E-state index in [-0.39, 0.29) is 17.6 Å². The fraction of sp³-hybridized carbons (Fsp3) is 0.522. The van der Waals surface area contributed by atoms with Crippen molar-refractivity contribution in [3.8, 4) is 0 Å². The lowest BCUT2D eigenvalue weighted by molar-refractivity contribution is 0.0758. The third kappa shape index (κ3) is 4.52. The molecule has 3 heterocycles. The molecule has 154 valence electrons. The number of carbonyl (C=O) groups excluding carboxylic acids is 2. The minimum Gasteiger partial charge on any atom is -0.349 e. The predicted molar refractivity (Wildman–Crippen MR) is 113 cm³/mol. The molecule has 2 aromatic rings. The second kappa shape index (κ2) is 9.25. The highest BCUT2D eigenvalue weighted by molar-refractivity contribution is 6.02. The summed E-state index contributed by atoms with van der Waals surface area (Å²) >= 11 is 0. The van der Waals surface area contributed by atoms with Crippen LogP contribution in [0, 0.1) is 0 Å². The van der Waals surface area contributed by atoms with E-state index in [2.05, 4.69) is 16.4 Å². The second-order valence-corrected chi connectivity index (χ2v) is 8.06. The summed E-state index contributed by atoms with van der Waals surface area (Å²) in [5.41, 5.74) is 2.51. The smallest absolute Gasteiger partial charge is 0.287 e. The first-order chi connectivity index (χ1) is 14.2. The lowest BCUT2D eigenvalue weighted by Crippen LogP contribution is -2.32. The zero-order valence-corrected chi connectivity index (χ0v) is 17.0. The highest BCUT2D eigenvalue weighted by atomic mass is 16.2. The van der Waals surface area contributed by atoms with Crippen molar-refractivity contribution >= 4 is 17.3 Å². The van der Waals surface area contributed by atoms with Crippen LogP contribution in [0.15, 0.2) is 36.0 Å². The SMILES string of the molecule is O=C(NCCC1=CCCCC1)c1nc(C(=O)N2CCCCCC2)c2ccccn12. The van der Waals surface area contributed by atoms with Gasteiger partial charge >= 0.3 is 0 Å². The van der Waals surface area contributed by atoms with E-state index in [1.807, 2.05) is 23.1 Å². The van der Waals surface area contributed by atoms with Gasteiger partial charge in [0, 0.05) is 25.8 Å². The van der Waals surface area contributed by atoms with Crippen molar-refractivity contribution in [3.05, 3.63) is 47.6 Å². The number of amides is 2. The van der Waals surface area contributed by atoms with Gasteiger partial charge in [0.05, 0.1) is 5.52 Å². The molecule has 0 bridgehead atoms. The molecular formula is C23H30N4O2. The van der Waals surface area contributed by atoms with Gasteiger partial charge in [-0.25, -0.2) is 4.98 Å². The number of allylic oxidation sites excluding steroid dienone is 1. The molecule has 1 fully saturated rings. The molecule has 0 unspecified atom stereocenters. The zero-order valence-electron chi connectivity index (χ0n) is 17.0. The van der Waals surface area contributed by atoms with E-state index >= 15 is 0 Å². The lowest BCUT2D eigenvalue weighted by atomic mass is 9.97. The summed E-state index contributed by atoms with van der Waals surface area (Å²) in [5.74, 6) is -0.00377. The number of rotatable bonds is 5. The Morgan fingerprint density at radius 2 is 1.86 bits per heavy atom. The van der Waals surface area contributed by atoms with E-state index in [4.69, 9.17) is 0 Å². The highest BCUT2D eigenvalue weighted by Gasteiger charge is 2.25. The van der Waals surface area contributed by atoms with Crippen molar-refractivity contribution in [1.29, 1.82) is 0 Å². The van der Waals surface area contributed by atoms with Crippen LogP contribution in [0.5, 0.6) is 0 Å². The number of aromatic nitrogens is 2. The van der Waals surface area contributed by atoms with Crippen LogP contribution in [0.1, 0.15) is 78.9 Å². The molecule has 0 atom stereocenters. The molecule has 1 saturated heterocycles. The van der Waals surface area contributed by atoms with Gasteiger partial charge in [0.1, 0.15) is 0 Å². The number of pyridine rings is 1. The molecule has 4 rings (SSSR count). The molecule has 1 aliphatic heterocycles. The molecule has 6 heteroatoms. The van der Waals surface area contributed by atoms with E-state index < -0.39 is 0 Å². The van der Waals surface area contributed by atoms with Crippen LogP contribution in [0.25, 0.3) is 5.52 Å². The number of nitrogens with one attached hydrogen (secondary N) is 1. The first-order valence-corrected chi connectivity index (χ1v) is 11.0. The van der Waals surface area contributed by atoms with Gasteiger partial charge in [-0.05, 0) is 57.1 Å². The third-order valence-corrected chi connectivity index (χ3v) is 5.96. The Morgan fingerprint density at radius 1 is 1.03 bits per heavy atom. The fourth-order valence-corrected chi connectivity index (χ4v) is 4.33. The standard InChI is InChI=1S/C23H30N4O2/c28-22(24-14-13-18-10-4-3-5-11-18)21-25-20(19-12-6-9-17-27(19)21)23(29)26-15-7-1-2-8-16-26/h6,9-10,12,17H,1-5,7-8,11,13-16H2,(H,24,28). The molecule has 0 spiro atoms. The summed E-state index contributed by atoms with van der Waals surface area (Å²) in [6, 6.07) is 5.60. The largest absolute Gasteiger partial charge is 0.349 e. The van der Waals surface area contributed by atoms with Gasteiger partial charge in [-0.1, -0.05) is 30.6 Å². The monoisotopic (exact) mass is 394 g/mol. The topological polar surface area (TPSA) is 66.7 Å². The van der Waals surface area contributed by atoms with Gasteiger partial charge < -0.3 is 10.2 Å². The molecule has 2 aromatic heterocycles. The van der Waals surface area contributed by atoms with E-state index in [0.717, 1.165) is 58.0 Å². The van der Waals surface area contributed by atoms with Crippen LogP contribution in [0.3, 0.4) is 0 Å². The first kappa shape index (κ1) is 19.7. The van der Waals surface area contributed by atoms with Gasteiger partial charge in [0.15, 0.2) is 5.69 Å². The number of imidazole rings is 1. The van der Waals surface area contributed by atoms with E-state index in [1.165, 1.54) is 18.4 Å². The average Bonchev–Trinajstić information content (AvgIpc) is 2.93. The molecule has 6 nitrogen and oxygen atoms in total. The van der Waals surface area contributed by atoms with Crippen molar-refractivity contribution in [2.24, 2.45) is 0 Å². The Bertz CT molecular complexity index is 907. The van der Waals surface area contributed by atoms with Crippen LogP contribution in [-0.4, -0.2) is 45.7 Å². The summed E-state index contributed by atoms with van der Waals surface area (Å²) in [7, 11) is 0. The Kier molecular flexibility index (Phi) is 6.27. The number of likely N-dealkylation sites (tertiary alicyclic amines) is 1. The van der Waals surface area contributed by atoms with Crippen molar-refractivity contribution in [3.63, 3.8) is 0 Å². The number of carbonyl (C=O) groups is 2. The quantitative estimate of drug-likeness (QED) is 0.781. The van der Waals surface area contributed by atoms with Crippen LogP contribution >= 0.6 is 0 Å². The number of hydrogen-bond donors (Lipinski definition) is 1. The number of nitrogens with zero attached hydrogens (tertiary/aromatic N) is 3. The number of hydrogen-bond acceptors (Lipinski definition) is 3. The maximum Gasteiger partial charge on any atom is 0.287 e. The van der Waals surface area contributed by atoms with Gasteiger partial charge in [0.2, 0.25) is 5.82 Å². The maximum absolute atomic E-state index is 13.1. The predicted octanol–water partition coefficient (Wildman–Crippen LogP) is 3.97. The van der Waals surface area contributed by atoms with Gasteiger partial charge in [0.25, 0.3) is 11.8 Å². The maximum atomic E-state index is 13.1. The first-order valence-electron chi connectivity index (χ1n) is 11.0. The molecule has 2 aliphatic rings. The van der Waals surface area contributed by atoms with Crippen molar-refractivity contribution < 1.29 is 9.59 Å². The van der Waals surface area contributed by atoms with E-state index in [9.17, 15) is 9.59 Å². The van der Waals surface area contributed by atoms with Crippen LogP contribution in [0.4, 0.5) is 0 Å². The summed E-state index contributed by atoms with van der Waals surface area (Å²) in [4.78, 5) is 32.4. The number of fused-ring (bicyclic) bond motifs is 1. The molecule has 29 heavy (non-hydrogen) atoms. The van der Waals surface area contributed by atoms with Gasteiger partial charge in [-0.15, -0.1) is 0 Å². The van der Waals surface area contributed by atoms with Gasteiger partial charge in [-0.2, -0.15) is 0 Å². The highest BCUT2D eigenvalue weighted by Crippen LogP contribution is 2.20. The van der Waals surface area contributed by atoms with Gasteiger partial charge in [-0.3, -0.25) is 14.0 Å². The van der Waals surface area contributed by atoms with Crippen molar-refractivity contribution in [2.45, 2.75) is 57.8 Å². The Balaban J connectivity index is 1.51. The average molecular weight is 395 g/mol. The Morgan fingerprint density at radius 3 is 2.62 bits per heavy atom.